The zero-order valence-corrected chi connectivity index (χ0v) is 19.9. The molecule has 0 N–H and O–H groups in total. The van der Waals surface area contributed by atoms with Gasteiger partial charge >= 0.3 is 0 Å². The van der Waals surface area contributed by atoms with E-state index in [9.17, 15) is 9.59 Å². The maximum absolute atomic E-state index is 13.9. The Bertz CT molecular complexity index is 1300. The number of benzene rings is 3. The summed E-state index contributed by atoms with van der Waals surface area (Å²) in [4.78, 5) is 29.1. The second kappa shape index (κ2) is 6.64. The van der Waals surface area contributed by atoms with Gasteiger partial charge in [0, 0.05) is 16.3 Å². The molecule has 160 valence electrons. The molecule has 3 nitrogen and oxygen atoms in total. The number of hydrogen-bond acceptors (Lipinski definition) is 2. The fraction of sp³-hybridized carbons (Fsp3) is 0.286. The highest BCUT2D eigenvalue weighted by atomic mass is 79.9. The van der Waals surface area contributed by atoms with Crippen LogP contribution in [0.3, 0.4) is 0 Å². The van der Waals surface area contributed by atoms with Gasteiger partial charge in [-0.15, -0.1) is 0 Å². The maximum Gasteiger partial charge on any atom is 0.238 e. The molecule has 0 aromatic heterocycles. The van der Waals surface area contributed by atoms with E-state index in [1.807, 2.05) is 30.3 Å². The molecule has 2 amide bonds. The summed E-state index contributed by atoms with van der Waals surface area (Å²) in [5.74, 6) is -1.07. The highest BCUT2D eigenvalue weighted by Gasteiger charge is 2.62. The van der Waals surface area contributed by atoms with E-state index in [4.69, 9.17) is 0 Å². The van der Waals surface area contributed by atoms with Crippen LogP contribution in [-0.2, 0) is 15.0 Å². The van der Waals surface area contributed by atoms with Crippen molar-refractivity contribution in [1.82, 2.24) is 0 Å². The summed E-state index contributed by atoms with van der Waals surface area (Å²) in [6.07, 6.45) is 0. The lowest BCUT2D eigenvalue weighted by Gasteiger charge is -2.46. The third-order valence-electron chi connectivity index (χ3n) is 7.50. The van der Waals surface area contributed by atoms with Crippen LogP contribution in [0.2, 0.25) is 0 Å². The zero-order chi connectivity index (χ0) is 22.4. The van der Waals surface area contributed by atoms with Crippen LogP contribution < -0.4 is 4.90 Å². The number of para-hydroxylation sites is 1. The number of amides is 2. The Labute approximate surface area is 196 Å². The smallest absolute Gasteiger partial charge is 0.238 e. The predicted octanol–water partition coefficient (Wildman–Crippen LogP) is 6.14. The molecule has 4 atom stereocenters. The molecule has 4 aliphatic rings. The molecule has 1 saturated heterocycles. The molecule has 0 radical (unpaired) electrons. The van der Waals surface area contributed by atoms with Crippen molar-refractivity contribution in [3.05, 3.63) is 99.0 Å². The quantitative estimate of drug-likeness (QED) is 0.388. The van der Waals surface area contributed by atoms with Crippen LogP contribution in [0.1, 0.15) is 60.4 Å². The number of hydrogen-bond donors (Lipinski definition) is 0. The van der Waals surface area contributed by atoms with Crippen LogP contribution in [0.4, 0.5) is 5.69 Å². The van der Waals surface area contributed by atoms with Crippen LogP contribution >= 0.6 is 15.9 Å². The summed E-state index contributed by atoms with van der Waals surface area (Å²) in [6, 6.07) is 22.6. The lowest BCUT2D eigenvalue weighted by atomic mass is 9.54. The first-order valence-corrected chi connectivity index (χ1v) is 11.9. The monoisotopic (exact) mass is 485 g/mol. The maximum atomic E-state index is 13.9. The first-order chi connectivity index (χ1) is 15.3. The van der Waals surface area contributed by atoms with Gasteiger partial charge in [-0.05, 0) is 61.3 Å². The number of rotatable bonds is 1. The Morgan fingerprint density at radius 2 is 1.25 bits per heavy atom. The van der Waals surface area contributed by atoms with E-state index in [1.165, 1.54) is 32.7 Å². The third-order valence-corrected chi connectivity index (χ3v) is 8.17. The summed E-state index contributed by atoms with van der Waals surface area (Å²) in [5.41, 5.74) is 6.74. The zero-order valence-electron chi connectivity index (χ0n) is 18.3. The van der Waals surface area contributed by atoms with E-state index >= 15 is 0 Å². The molecule has 3 aromatic rings. The summed E-state index contributed by atoms with van der Waals surface area (Å²) < 4.78 is 0.762. The highest BCUT2D eigenvalue weighted by Crippen LogP contribution is 2.61. The van der Waals surface area contributed by atoms with Crippen LogP contribution in [0, 0.1) is 11.8 Å². The van der Waals surface area contributed by atoms with Crippen molar-refractivity contribution in [2.45, 2.75) is 38.0 Å². The summed E-state index contributed by atoms with van der Waals surface area (Å²) in [5, 5.41) is 0. The van der Waals surface area contributed by atoms with E-state index in [0.29, 0.717) is 5.69 Å². The Balaban J connectivity index is 1.58. The number of anilines is 1. The fourth-order valence-electron chi connectivity index (χ4n) is 6.06. The lowest BCUT2D eigenvalue weighted by molar-refractivity contribution is -0.122. The van der Waals surface area contributed by atoms with Crippen molar-refractivity contribution in [1.29, 1.82) is 0 Å². The predicted molar refractivity (Wildman–Crippen MR) is 129 cm³/mol. The SMILES string of the molecule is CC(C)(C)c1ccc2c(c1)[C@@H]1c3ccccc3[C@@H]2[C@@H]2C(=O)N(c3ccccc3Br)C(=O)[C@H]12. The molecule has 0 unspecified atom stereocenters. The van der Waals surface area contributed by atoms with Crippen molar-refractivity contribution in [2.75, 3.05) is 4.90 Å². The number of imide groups is 1. The Kier molecular flexibility index (Phi) is 4.14. The van der Waals surface area contributed by atoms with E-state index in [0.717, 1.165) is 4.47 Å². The molecule has 1 fully saturated rings. The van der Waals surface area contributed by atoms with Gasteiger partial charge in [0.15, 0.2) is 0 Å². The summed E-state index contributed by atoms with van der Waals surface area (Å²) in [6.45, 7) is 6.64. The first-order valence-electron chi connectivity index (χ1n) is 11.1. The summed E-state index contributed by atoms with van der Waals surface area (Å²) in [7, 11) is 0. The van der Waals surface area contributed by atoms with Crippen LogP contribution in [0.25, 0.3) is 0 Å². The second-order valence-electron chi connectivity index (χ2n) is 10.2. The van der Waals surface area contributed by atoms with Gasteiger partial charge in [-0.1, -0.05) is 75.4 Å². The molecule has 2 bridgehead atoms. The van der Waals surface area contributed by atoms with Crippen molar-refractivity contribution < 1.29 is 9.59 Å². The Morgan fingerprint density at radius 3 is 1.84 bits per heavy atom. The van der Waals surface area contributed by atoms with Gasteiger partial charge in [0.25, 0.3) is 0 Å². The normalized spacial score (nSPS) is 25.6. The number of carbonyl (C=O) groups excluding carboxylic acids is 2. The molecule has 0 spiro atoms. The van der Waals surface area contributed by atoms with Crippen molar-refractivity contribution >= 4 is 33.4 Å². The van der Waals surface area contributed by atoms with Crippen LogP contribution in [0.15, 0.2) is 71.2 Å². The molecule has 1 aliphatic heterocycles. The molecule has 1 heterocycles. The van der Waals surface area contributed by atoms with Gasteiger partial charge in [0.05, 0.1) is 17.5 Å². The molecule has 0 saturated carbocycles. The average Bonchev–Trinajstić information content (AvgIpc) is 3.04. The topological polar surface area (TPSA) is 37.4 Å². The first kappa shape index (κ1) is 19.9. The van der Waals surface area contributed by atoms with E-state index in [1.54, 1.807) is 0 Å². The van der Waals surface area contributed by atoms with Crippen molar-refractivity contribution in [3.63, 3.8) is 0 Å². The lowest BCUT2D eigenvalue weighted by Crippen LogP contribution is -2.41. The van der Waals surface area contributed by atoms with Crippen LogP contribution in [-0.4, -0.2) is 11.8 Å². The fourth-order valence-corrected chi connectivity index (χ4v) is 6.53. The highest BCUT2D eigenvalue weighted by molar-refractivity contribution is 9.10. The van der Waals surface area contributed by atoms with E-state index in [-0.39, 0.29) is 40.9 Å². The number of carbonyl (C=O) groups is 2. The minimum absolute atomic E-state index is 0.0150. The van der Waals surface area contributed by atoms with Crippen molar-refractivity contribution in [3.8, 4) is 0 Å². The van der Waals surface area contributed by atoms with Crippen LogP contribution in [0.5, 0.6) is 0 Å². The van der Waals surface area contributed by atoms with Gasteiger partial charge in [-0.25, -0.2) is 4.90 Å². The van der Waals surface area contributed by atoms with Gasteiger partial charge in [-0.2, -0.15) is 0 Å². The van der Waals surface area contributed by atoms with E-state index < -0.39 is 0 Å². The number of nitrogens with zero attached hydrogens (tertiary/aromatic N) is 1. The van der Waals surface area contributed by atoms with Gasteiger partial charge in [0.1, 0.15) is 0 Å². The average molecular weight is 486 g/mol. The minimum atomic E-state index is -0.364. The molecule has 3 aliphatic carbocycles. The van der Waals surface area contributed by atoms with Gasteiger partial charge in [-0.3, -0.25) is 9.59 Å². The Morgan fingerprint density at radius 1 is 0.719 bits per heavy atom. The Hall–Kier alpha value is -2.72. The molecule has 4 heteroatoms. The third kappa shape index (κ3) is 2.53. The largest absolute Gasteiger partial charge is 0.274 e. The molecule has 7 rings (SSSR count). The molecular weight excluding hydrogens is 462 g/mol. The minimum Gasteiger partial charge on any atom is -0.274 e. The summed E-state index contributed by atoms with van der Waals surface area (Å²) >= 11 is 3.55. The molecule has 32 heavy (non-hydrogen) atoms. The van der Waals surface area contributed by atoms with Gasteiger partial charge < -0.3 is 0 Å². The van der Waals surface area contributed by atoms with Gasteiger partial charge in [0.2, 0.25) is 11.8 Å². The molecule has 3 aromatic carbocycles. The molecular formula is C28H24BrNO2. The second-order valence-corrected chi connectivity index (χ2v) is 11.0. The number of halogens is 1. The van der Waals surface area contributed by atoms with E-state index in [2.05, 4.69) is 73.1 Å². The standard InChI is InChI=1S/C28H24BrNO2/c1-28(2,3)15-12-13-18-19(14-15)23-17-9-5-4-8-16(17)22(18)24-25(23)27(32)30(26(24)31)21-11-7-6-10-20(21)29/h4-14,22-25H,1-3H3/t22-,23-,24-,25+/m0/s1. The van der Waals surface area contributed by atoms with Crippen molar-refractivity contribution in [2.24, 2.45) is 11.8 Å².